The second-order valence-electron chi connectivity index (χ2n) is 3.55. The minimum atomic E-state index is -3.64. The first-order chi connectivity index (χ1) is 7.86. The summed E-state index contributed by atoms with van der Waals surface area (Å²) in [5.74, 6) is -0.652. The summed E-state index contributed by atoms with van der Waals surface area (Å²) in [5.41, 5.74) is 0.108. The van der Waals surface area contributed by atoms with E-state index in [2.05, 4.69) is 5.32 Å². The molecule has 0 unspecified atom stereocenters. The molecule has 92 valence electrons. The van der Waals surface area contributed by atoms with Crippen molar-refractivity contribution < 1.29 is 12.8 Å². The molecule has 0 radical (unpaired) electrons. The highest BCUT2D eigenvalue weighted by Crippen LogP contribution is 2.17. The zero-order valence-corrected chi connectivity index (χ0v) is 9.96. The summed E-state index contributed by atoms with van der Waals surface area (Å²) < 4.78 is 35.1. The van der Waals surface area contributed by atoms with E-state index in [1.165, 1.54) is 19.1 Å². The Morgan fingerprint density at radius 1 is 1.59 bits per heavy atom. The van der Waals surface area contributed by atoms with Gasteiger partial charge in [-0.05, 0) is 19.1 Å². The molecule has 0 bridgehead atoms. The lowest BCUT2D eigenvalue weighted by Crippen LogP contribution is -2.32. The van der Waals surface area contributed by atoms with Crippen LogP contribution in [0.1, 0.15) is 12.5 Å². The van der Waals surface area contributed by atoms with Crippen LogP contribution < -0.4 is 10.5 Å². The van der Waals surface area contributed by atoms with Crippen LogP contribution in [-0.4, -0.2) is 20.2 Å². The van der Waals surface area contributed by atoms with Crippen molar-refractivity contribution in [2.24, 2.45) is 5.14 Å². The number of sulfonamides is 1. The normalized spacial score (nSPS) is 12.8. The topological polar surface area (TPSA) is 96.0 Å². The molecule has 0 saturated carbocycles. The number of nitrogens with one attached hydrogen (secondary N) is 1. The molecule has 0 fully saturated rings. The Kier molecular flexibility index (Phi) is 4.04. The maximum Gasteiger partial charge on any atom is 0.213 e. The first kappa shape index (κ1) is 13.4. The third kappa shape index (κ3) is 3.41. The average Bonchev–Trinajstić information content (AvgIpc) is 2.24. The van der Waals surface area contributed by atoms with Crippen molar-refractivity contribution in [1.29, 1.82) is 5.26 Å². The number of nitriles is 1. The number of hydrogen-bond donors (Lipinski definition) is 2. The van der Waals surface area contributed by atoms with Crippen LogP contribution in [-0.2, 0) is 10.0 Å². The second kappa shape index (κ2) is 5.12. The predicted molar refractivity (Wildman–Crippen MR) is 62.2 cm³/mol. The van der Waals surface area contributed by atoms with E-state index in [4.69, 9.17) is 10.4 Å². The molecule has 17 heavy (non-hydrogen) atoms. The highest BCUT2D eigenvalue weighted by atomic mass is 32.2. The monoisotopic (exact) mass is 257 g/mol. The Hall–Kier alpha value is -1.65. The van der Waals surface area contributed by atoms with Gasteiger partial charge in [0.2, 0.25) is 10.0 Å². The summed E-state index contributed by atoms with van der Waals surface area (Å²) in [7, 11) is -3.64. The third-order valence-corrected chi connectivity index (χ3v) is 3.55. The van der Waals surface area contributed by atoms with Gasteiger partial charge in [-0.15, -0.1) is 0 Å². The third-order valence-electron chi connectivity index (χ3n) is 2.27. The van der Waals surface area contributed by atoms with Crippen LogP contribution in [0.5, 0.6) is 0 Å². The van der Waals surface area contributed by atoms with E-state index < -0.39 is 21.1 Å². The Balaban J connectivity index is 2.85. The van der Waals surface area contributed by atoms with Crippen molar-refractivity contribution in [2.75, 3.05) is 11.9 Å². The molecular weight excluding hydrogens is 245 g/mol. The summed E-state index contributed by atoms with van der Waals surface area (Å²) in [6.07, 6.45) is 0. The molecule has 0 aliphatic rings. The van der Waals surface area contributed by atoms with Gasteiger partial charge in [-0.2, -0.15) is 5.26 Å². The number of nitrogens with zero attached hydrogens (tertiary/aromatic N) is 1. The second-order valence-corrected chi connectivity index (χ2v) is 5.54. The van der Waals surface area contributed by atoms with Crippen LogP contribution >= 0.6 is 0 Å². The number of hydrogen-bond acceptors (Lipinski definition) is 4. The molecular formula is C10H12FN3O2S. The van der Waals surface area contributed by atoms with Crippen molar-refractivity contribution in [3.63, 3.8) is 0 Å². The van der Waals surface area contributed by atoms with E-state index in [-0.39, 0.29) is 17.8 Å². The quantitative estimate of drug-likeness (QED) is 0.833. The maximum atomic E-state index is 13.2. The van der Waals surface area contributed by atoms with Crippen LogP contribution in [0, 0.1) is 17.1 Å². The molecule has 3 N–H and O–H groups in total. The Labute approximate surface area is 99.1 Å². The molecule has 1 aromatic carbocycles. The van der Waals surface area contributed by atoms with E-state index >= 15 is 0 Å². The van der Waals surface area contributed by atoms with E-state index in [0.29, 0.717) is 0 Å². The Morgan fingerprint density at radius 2 is 2.24 bits per heavy atom. The van der Waals surface area contributed by atoms with E-state index in [1.807, 2.05) is 0 Å². The lowest BCUT2D eigenvalue weighted by molar-refractivity contribution is 0.587. The highest BCUT2D eigenvalue weighted by Gasteiger charge is 2.16. The molecule has 5 nitrogen and oxygen atoms in total. The van der Waals surface area contributed by atoms with Gasteiger partial charge in [0.05, 0.1) is 10.9 Å². The standard InChI is InChI=1S/C10H12FN3O2S/c1-7(17(13,15)16)6-14-10-4-2-3-9(11)8(10)5-12/h2-4,7,14H,6H2,1H3,(H2,13,15,16)/t7-/m1/s1. The summed E-state index contributed by atoms with van der Waals surface area (Å²) in [5, 5.41) is 15.6. The van der Waals surface area contributed by atoms with Gasteiger partial charge in [0.1, 0.15) is 17.4 Å². The summed E-state index contributed by atoms with van der Waals surface area (Å²) >= 11 is 0. The Morgan fingerprint density at radius 3 is 2.76 bits per heavy atom. The van der Waals surface area contributed by atoms with Gasteiger partial charge in [0.15, 0.2) is 0 Å². The van der Waals surface area contributed by atoms with Gasteiger partial charge in [0, 0.05) is 6.54 Å². The molecule has 7 heteroatoms. The van der Waals surface area contributed by atoms with E-state index in [0.717, 1.165) is 6.07 Å². The number of halogens is 1. The Bertz CT molecular complexity index is 551. The fraction of sp³-hybridized carbons (Fsp3) is 0.300. The molecule has 0 heterocycles. The average molecular weight is 257 g/mol. The fourth-order valence-corrected chi connectivity index (χ4v) is 1.47. The molecule has 0 aliphatic heterocycles. The lowest BCUT2D eigenvalue weighted by atomic mass is 10.2. The van der Waals surface area contributed by atoms with Gasteiger partial charge in [-0.3, -0.25) is 0 Å². The van der Waals surface area contributed by atoms with Gasteiger partial charge in [-0.1, -0.05) is 6.07 Å². The highest BCUT2D eigenvalue weighted by molar-refractivity contribution is 7.89. The first-order valence-corrected chi connectivity index (χ1v) is 6.41. The SMILES string of the molecule is C[C@H](CNc1cccc(F)c1C#N)S(N)(=O)=O. The molecule has 1 atom stereocenters. The summed E-state index contributed by atoms with van der Waals surface area (Å²) in [4.78, 5) is 0. The number of anilines is 1. The van der Waals surface area contributed by atoms with Gasteiger partial charge >= 0.3 is 0 Å². The minimum absolute atomic E-state index is 0.0109. The van der Waals surface area contributed by atoms with Crippen LogP contribution in [0.2, 0.25) is 0 Å². The molecule has 0 amide bonds. The van der Waals surface area contributed by atoms with Crippen molar-refractivity contribution >= 4 is 15.7 Å². The van der Waals surface area contributed by atoms with Crippen LogP contribution in [0.15, 0.2) is 18.2 Å². The first-order valence-electron chi connectivity index (χ1n) is 4.80. The number of benzene rings is 1. The van der Waals surface area contributed by atoms with Gasteiger partial charge < -0.3 is 5.32 Å². The van der Waals surface area contributed by atoms with Gasteiger partial charge in [0.25, 0.3) is 0 Å². The number of rotatable bonds is 4. The lowest BCUT2D eigenvalue weighted by Gasteiger charge is -2.12. The summed E-state index contributed by atoms with van der Waals surface area (Å²) in [6, 6.07) is 5.80. The largest absolute Gasteiger partial charge is 0.383 e. The molecule has 0 aromatic heterocycles. The van der Waals surface area contributed by atoms with Crippen LogP contribution in [0.3, 0.4) is 0 Å². The molecule has 0 saturated heterocycles. The summed E-state index contributed by atoms with van der Waals surface area (Å²) in [6.45, 7) is 1.44. The maximum absolute atomic E-state index is 13.2. The molecule has 1 rings (SSSR count). The van der Waals surface area contributed by atoms with E-state index in [9.17, 15) is 12.8 Å². The number of primary sulfonamides is 1. The van der Waals surface area contributed by atoms with Crippen molar-refractivity contribution in [3.05, 3.63) is 29.6 Å². The van der Waals surface area contributed by atoms with E-state index in [1.54, 1.807) is 6.07 Å². The van der Waals surface area contributed by atoms with Crippen LogP contribution in [0.4, 0.5) is 10.1 Å². The van der Waals surface area contributed by atoms with Gasteiger partial charge in [-0.25, -0.2) is 17.9 Å². The minimum Gasteiger partial charge on any atom is -0.383 e. The zero-order valence-electron chi connectivity index (χ0n) is 9.14. The smallest absolute Gasteiger partial charge is 0.213 e. The van der Waals surface area contributed by atoms with Crippen LogP contribution in [0.25, 0.3) is 0 Å². The fourth-order valence-electron chi connectivity index (χ4n) is 1.15. The van der Waals surface area contributed by atoms with Crippen molar-refractivity contribution in [3.8, 4) is 6.07 Å². The number of nitrogens with two attached hydrogens (primary N) is 1. The van der Waals surface area contributed by atoms with Crippen molar-refractivity contribution in [2.45, 2.75) is 12.2 Å². The predicted octanol–water partition coefficient (Wildman–Crippen LogP) is 0.786. The molecule has 0 aliphatic carbocycles. The van der Waals surface area contributed by atoms with Crippen molar-refractivity contribution in [1.82, 2.24) is 0 Å². The molecule has 0 spiro atoms. The zero-order chi connectivity index (χ0) is 13.1. The molecule has 1 aromatic rings.